The van der Waals surface area contributed by atoms with Gasteiger partial charge in [-0.25, -0.2) is 0 Å². The molecule has 20 heavy (non-hydrogen) atoms. The molecule has 0 aliphatic rings. The number of aromatic nitrogens is 2. The SMILES string of the molecule is Cc1nccnc1C(C)Nc1ccc([N+](=O)[O-])cc1Br. The average Bonchev–Trinajstić information content (AvgIpc) is 2.41. The zero-order chi connectivity index (χ0) is 14.7. The summed E-state index contributed by atoms with van der Waals surface area (Å²) >= 11 is 3.33. The second-order valence-electron chi connectivity index (χ2n) is 4.31. The number of aryl methyl sites for hydroxylation is 1. The molecule has 0 spiro atoms. The Labute approximate surface area is 124 Å². The van der Waals surface area contributed by atoms with E-state index in [9.17, 15) is 10.1 Å². The van der Waals surface area contributed by atoms with Gasteiger partial charge in [0, 0.05) is 34.7 Å². The topological polar surface area (TPSA) is 81.0 Å². The molecule has 0 aliphatic carbocycles. The largest absolute Gasteiger partial charge is 0.376 e. The third kappa shape index (κ3) is 3.11. The lowest BCUT2D eigenvalue weighted by Crippen LogP contribution is -2.11. The molecule has 1 aromatic carbocycles. The Kier molecular flexibility index (Phi) is 4.29. The number of benzene rings is 1. The number of nitrogens with one attached hydrogen (secondary N) is 1. The molecule has 0 amide bonds. The van der Waals surface area contributed by atoms with Gasteiger partial charge in [-0.05, 0) is 35.8 Å². The van der Waals surface area contributed by atoms with Gasteiger partial charge in [0.15, 0.2) is 0 Å². The molecule has 0 saturated carbocycles. The van der Waals surface area contributed by atoms with Crippen molar-refractivity contribution in [3.05, 3.63) is 56.6 Å². The molecule has 2 rings (SSSR count). The van der Waals surface area contributed by atoms with E-state index in [1.54, 1.807) is 18.5 Å². The summed E-state index contributed by atoms with van der Waals surface area (Å²) in [6.45, 7) is 3.86. The molecule has 6 nitrogen and oxygen atoms in total. The van der Waals surface area contributed by atoms with Gasteiger partial charge in [-0.3, -0.25) is 20.1 Å². The fourth-order valence-corrected chi connectivity index (χ4v) is 2.36. The fraction of sp³-hybridized carbons (Fsp3) is 0.231. The Morgan fingerprint density at radius 3 is 2.65 bits per heavy atom. The fourth-order valence-electron chi connectivity index (χ4n) is 1.88. The number of non-ortho nitro benzene ring substituents is 1. The molecule has 1 atom stereocenters. The number of halogens is 1. The van der Waals surface area contributed by atoms with Crippen LogP contribution < -0.4 is 5.32 Å². The van der Waals surface area contributed by atoms with E-state index in [0.29, 0.717) is 4.47 Å². The van der Waals surface area contributed by atoms with Crippen molar-refractivity contribution in [1.82, 2.24) is 9.97 Å². The van der Waals surface area contributed by atoms with Crippen LogP contribution >= 0.6 is 15.9 Å². The van der Waals surface area contributed by atoms with Gasteiger partial charge in [0.25, 0.3) is 5.69 Å². The standard InChI is InChI=1S/C13H13BrN4O2/c1-8-13(16-6-5-15-8)9(2)17-12-4-3-10(18(19)20)7-11(12)14/h3-7,9,17H,1-2H3. The summed E-state index contributed by atoms with van der Waals surface area (Å²) in [4.78, 5) is 18.8. The van der Waals surface area contributed by atoms with Crippen LogP contribution in [0.4, 0.5) is 11.4 Å². The summed E-state index contributed by atoms with van der Waals surface area (Å²) < 4.78 is 0.639. The maximum atomic E-state index is 10.7. The Bertz CT molecular complexity index is 648. The molecule has 1 heterocycles. The third-order valence-corrected chi connectivity index (χ3v) is 3.52. The van der Waals surface area contributed by atoms with Crippen LogP contribution in [-0.4, -0.2) is 14.9 Å². The number of nitro benzene ring substituents is 1. The van der Waals surface area contributed by atoms with Gasteiger partial charge < -0.3 is 5.32 Å². The van der Waals surface area contributed by atoms with Gasteiger partial charge in [-0.15, -0.1) is 0 Å². The summed E-state index contributed by atoms with van der Waals surface area (Å²) in [5.74, 6) is 0. The molecule has 1 aromatic heterocycles. The zero-order valence-corrected chi connectivity index (χ0v) is 12.6. The molecule has 2 aromatic rings. The molecule has 104 valence electrons. The van der Waals surface area contributed by atoms with E-state index in [4.69, 9.17) is 0 Å². The van der Waals surface area contributed by atoms with Crippen LogP contribution in [0.5, 0.6) is 0 Å². The lowest BCUT2D eigenvalue weighted by atomic mass is 10.1. The predicted octanol–water partition coefficient (Wildman–Crippen LogP) is 3.63. The number of rotatable bonds is 4. The van der Waals surface area contributed by atoms with Crippen molar-refractivity contribution in [2.45, 2.75) is 19.9 Å². The van der Waals surface area contributed by atoms with Crippen molar-refractivity contribution in [3.8, 4) is 0 Å². The summed E-state index contributed by atoms with van der Waals surface area (Å²) in [5, 5.41) is 14.0. The van der Waals surface area contributed by atoms with Crippen LogP contribution in [0.25, 0.3) is 0 Å². The van der Waals surface area contributed by atoms with Crippen molar-refractivity contribution >= 4 is 27.3 Å². The van der Waals surface area contributed by atoms with E-state index in [1.807, 2.05) is 13.8 Å². The minimum atomic E-state index is -0.426. The van der Waals surface area contributed by atoms with Crippen molar-refractivity contribution in [2.24, 2.45) is 0 Å². The Balaban J connectivity index is 2.22. The van der Waals surface area contributed by atoms with Crippen LogP contribution in [-0.2, 0) is 0 Å². The van der Waals surface area contributed by atoms with Crippen molar-refractivity contribution in [3.63, 3.8) is 0 Å². The first-order chi connectivity index (χ1) is 9.49. The van der Waals surface area contributed by atoms with Crippen LogP contribution in [0, 0.1) is 17.0 Å². The van der Waals surface area contributed by atoms with Gasteiger partial charge in [0.05, 0.1) is 22.4 Å². The van der Waals surface area contributed by atoms with Crippen molar-refractivity contribution in [1.29, 1.82) is 0 Å². The molecular formula is C13H13BrN4O2. The second-order valence-corrected chi connectivity index (χ2v) is 5.17. The van der Waals surface area contributed by atoms with E-state index < -0.39 is 4.92 Å². The molecule has 1 unspecified atom stereocenters. The highest BCUT2D eigenvalue weighted by atomic mass is 79.9. The molecule has 0 bridgehead atoms. The van der Waals surface area contributed by atoms with Gasteiger partial charge in [0.1, 0.15) is 0 Å². The number of nitro groups is 1. The predicted molar refractivity (Wildman–Crippen MR) is 79.6 cm³/mol. The van der Waals surface area contributed by atoms with Crippen LogP contribution in [0.1, 0.15) is 24.4 Å². The molecule has 0 aliphatic heterocycles. The zero-order valence-electron chi connectivity index (χ0n) is 11.0. The normalized spacial score (nSPS) is 11.9. The Morgan fingerprint density at radius 1 is 1.35 bits per heavy atom. The smallest absolute Gasteiger partial charge is 0.270 e. The van der Waals surface area contributed by atoms with Gasteiger partial charge in [-0.1, -0.05) is 0 Å². The molecular weight excluding hydrogens is 324 g/mol. The van der Waals surface area contributed by atoms with Crippen LogP contribution in [0.2, 0.25) is 0 Å². The minimum Gasteiger partial charge on any atom is -0.376 e. The van der Waals surface area contributed by atoms with E-state index in [2.05, 4.69) is 31.2 Å². The Morgan fingerprint density at radius 2 is 2.05 bits per heavy atom. The Hall–Kier alpha value is -2.02. The number of hydrogen-bond acceptors (Lipinski definition) is 5. The quantitative estimate of drug-likeness (QED) is 0.681. The summed E-state index contributed by atoms with van der Waals surface area (Å²) in [5.41, 5.74) is 2.52. The lowest BCUT2D eigenvalue weighted by molar-refractivity contribution is -0.384. The second kappa shape index (κ2) is 5.96. The highest BCUT2D eigenvalue weighted by Crippen LogP contribution is 2.29. The maximum absolute atomic E-state index is 10.7. The van der Waals surface area contributed by atoms with E-state index >= 15 is 0 Å². The first-order valence-corrected chi connectivity index (χ1v) is 6.76. The first-order valence-electron chi connectivity index (χ1n) is 5.97. The van der Waals surface area contributed by atoms with E-state index in [1.165, 1.54) is 12.1 Å². The molecule has 0 radical (unpaired) electrons. The third-order valence-electron chi connectivity index (χ3n) is 2.86. The van der Waals surface area contributed by atoms with E-state index in [0.717, 1.165) is 17.1 Å². The van der Waals surface area contributed by atoms with Gasteiger partial charge in [0.2, 0.25) is 0 Å². The first kappa shape index (κ1) is 14.4. The van der Waals surface area contributed by atoms with Crippen LogP contribution in [0.15, 0.2) is 35.1 Å². The summed E-state index contributed by atoms with van der Waals surface area (Å²) in [7, 11) is 0. The lowest BCUT2D eigenvalue weighted by Gasteiger charge is -2.17. The highest BCUT2D eigenvalue weighted by molar-refractivity contribution is 9.10. The highest BCUT2D eigenvalue weighted by Gasteiger charge is 2.14. The molecule has 0 saturated heterocycles. The maximum Gasteiger partial charge on any atom is 0.270 e. The number of nitrogens with zero attached hydrogens (tertiary/aromatic N) is 3. The molecule has 1 N–H and O–H groups in total. The van der Waals surface area contributed by atoms with E-state index in [-0.39, 0.29) is 11.7 Å². The van der Waals surface area contributed by atoms with Crippen molar-refractivity contribution in [2.75, 3.05) is 5.32 Å². The monoisotopic (exact) mass is 336 g/mol. The van der Waals surface area contributed by atoms with Gasteiger partial charge in [-0.2, -0.15) is 0 Å². The summed E-state index contributed by atoms with van der Waals surface area (Å²) in [6.07, 6.45) is 3.29. The molecule has 7 heteroatoms. The number of anilines is 1. The van der Waals surface area contributed by atoms with Crippen molar-refractivity contribution < 1.29 is 4.92 Å². The van der Waals surface area contributed by atoms with Gasteiger partial charge >= 0.3 is 0 Å². The summed E-state index contributed by atoms with van der Waals surface area (Å²) in [6, 6.07) is 4.55. The minimum absolute atomic E-state index is 0.0470. The average molecular weight is 337 g/mol. The molecule has 0 fully saturated rings. The van der Waals surface area contributed by atoms with Crippen LogP contribution in [0.3, 0.4) is 0 Å². The number of hydrogen-bond donors (Lipinski definition) is 1.